The summed E-state index contributed by atoms with van der Waals surface area (Å²) in [4.78, 5) is 10.3. The smallest absolute Gasteiger partial charge is 0.132 e. The van der Waals surface area contributed by atoms with Crippen molar-refractivity contribution in [3.05, 3.63) is 210 Å². The van der Waals surface area contributed by atoms with Gasteiger partial charge in [-0.15, -0.1) is 0 Å². The Hall–Kier alpha value is -7.30. The van der Waals surface area contributed by atoms with Gasteiger partial charge in [-0.3, -0.25) is 0 Å². The molecule has 1 spiro atoms. The molecule has 12 rings (SSSR count). The van der Waals surface area contributed by atoms with Crippen molar-refractivity contribution in [2.45, 2.75) is 5.41 Å². The van der Waals surface area contributed by atoms with E-state index < -0.39 is 5.41 Å². The van der Waals surface area contributed by atoms with Crippen LogP contribution in [-0.4, -0.2) is 14.5 Å². The Balaban J connectivity index is 1.11. The van der Waals surface area contributed by atoms with E-state index in [4.69, 9.17) is 14.7 Å². The Morgan fingerprint density at radius 1 is 0.400 bits per heavy atom. The van der Waals surface area contributed by atoms with Crippen LogP contribution in [0.15, 0.2) is 188 Å². The molecule has 55 heavy (non-hydrogen) atoms. The summed E-state index contributed by atoms with van der Waals surface area (Å²) in [7, 11) is 0. The first-order chi connectivity index (χ1) is 27.3. The second-order valence-corrected chi connectivity index (χ2v) is 14.5. The van der Waals surface area contributed by atoms with Gasteiger partial charge >= 0.3 is 0 Å². The van der Waals surface area contributed by atoms with Crippen LogP contribution in [0.25, 0.3) is 72.2 Å². The van der Waals surface area contributed by atoms with E-state index in [9.17, 15) is 0 Å². The average molecular weight is 702 g/mol. The van der Waals surface area contributed by atoms with Crippen LogP contribution >= 0.6 is 0 Å². The highest BCUT2D eigenvalue weighted by molar-refractivity contribution is 6.12. The van der Waals surface area contributed by atoms with Crippen LogP contribution in [-0.2, 0) is 5.41 Å². The normalized spacial score (nSPS) is 13.4. The second kappa shape index (κ2) is 11.3. The molecule has 3 heterocycles. The van der Waals surface area contributed by atoms with Crippen molar-refractivity contribution < 1.29 is 4.74 Å². The molecule has 0 bridgehead atoms. The van der Waals surface area contributed by atoms with Gasteiger partial charge in [-0.2, -0.15) is 0 Å². The number of hydrogen-bond acceptors (Lipinski definition) is 3. The third kappa shape index (κ3) is 4.16. The zero-order chi connectivity index (χ0) is 36.1. The Morgan fingerprint density at radius 2 is 0.964 bits per heavy atom. The van der Waals surface area contributed by atoms with Crippen molar-refractivity contribution in [2.24, 2.45) is 0 Å². The van der Waals surface area contributed by atoms with Crippen LogP contribution in [0.4, 0.5) is 0 Å². The highest BCUT2D eigenvalue weighted by atomic mass is 16.5. The van der Waals surface area contributed by atoms with Crippen molar-refractivity contribution in [2.75, 3.05) is 0 Å². The summed E-state index contributed by atoms with van der Waals surface area (Å²) in [6.07, 6.45) is 0. The number of hydrogen-bond donors (Lipinski definition) is 0. The third-order valence-electron chi connectivity index (χ3n) is 11.7. The first-order valence-electron chi connectivity index (χ1n) is 18.7. The minimum absolute atomic E-state index is 0.542. The van der Waals surface area contributed by atoms with Crippen molar-refractivity contribution >= 4 is 32.8 Å². The SMILES string of the molecule is c1ccc(-c2nc3ccccc3nc2-c2ccc(-n3c4ccccc4c4cc5c(cc43)C3(c4ccccc4Oc4ccccc43)c3ccccc3-5)cc2)cc1. The molecule has 0 atom stereocenters. The van der Waals surface area contributed by atoms with Gasteiger partial charge in [0.25, 0.3) is 0 Å². The fourth-order valence-corrected chi connectivity index (χ4v) is 9.36. The first kappa shape index (κ1) is 30.2. The lowest BCUT2D eigenvalue weighted by molar-refractivity contribution is 0.436. The minimum atomic E-state index is -0.542. The van der Waals surface area contributed by atoms with Gasteiger partial charge in [-0.25, -0.2) is 9.97 Å². The van der Waals surface area contributed by atoms with Crippen LogP contribution < -0.4 is 4.74 Å². The molecule has 0 fully saturated rings. The largest absolute Gasteiger partial charge is 0.457 e. The number of fused-ring (bicyclic) bond motifs is 13. The molecule has 0 saturated heterocycles. The number of aromatic nitrogens is 3. The molecule has 0 N–H and O–H groups in total. The van der Waals surface area contributed by atoms with Crippen molar-refractivity contribution in [3.63, 3.8) is 0 Å². The predicted octanol–water partition coefficient (Wildman–Crippen LogP) is 12.5. The first-order valence-corrected chi connectivity index (χ1v) is 18.7. The zero-order valence-corrected chi connectivity index (χ0v) is 29.6. The van der Waals surface area contributed by atoms with Crippen LogP contribution in [0.2, 0.25) is 0 Å². The molecule has 4 heteroatoms. The molecule has 2 aliphatic rings. The van der Waals surface area contributed by atoms with Crippen LogP contribution in [0.3, 0.4) is 0 Å². The number of para-hydroxylation sites is 5. The van der Waals surface area contributed by atoms with Crippen molar-refractivity contribution in [1.29, 1.82) is 0 Å². The Kier molecular flexibility index (Phi) is 6.23. The quantitative estimate of drug-likeness (QED) is 0.184. The molecule has 4 nitrogen and oxygen atoms in total. The van der Waals surface area contributed by atoms with E-state index >= 15 is 0 Å². The molecule has 0 unspecified atom stereocenters. The standard InChI is InChI=1S/C51H31N3O/c1-2-14-32(15-3-1)49-50(53-44-22-10-9-21-43(44)52-49)33-26-28-34(29-27-33)54-45-23-11-5-17-36(45)38-30-37-35-16-4-6-18-39(35)51(42(37)31-46(38)54)40-19-7-12-24-47(40)55-48-25-13-8-20-41(48)51/h1-31H. The number of nitrogens with zero attached hydrogens (tertiary/aromatic N) is 3. The molecule has 256 valence electrons. The molecule has 0 radical (unpaired) electrons. The van der Waals surface area contributed by atoms with Gasteiger partial charge in [-0.05, 0) is 76.9 Å². The number of ether oxygens (including phenoxy) is 1. The van der Waals surface area contributed by atoms with Gasteiger partial charge in [0.2, 0.25) is 0 Å². The second-order valence-electron chi connectivity index (χ2n) is 14.5. The van der Waals surface area contributed by atoms with Crippen LogP contribution in [0, 0.1) is 0 Å². The fourth-order valence-electron chi connectivity index (χ4n) is 9.36. The summed E-state index contributed by atoms with van der Waals surface area (Å²) >= 11 is 0. The molecule has 1 aliphatic carbocycles. The van der Waals surface area contributed by atoms with Gasteiger partial charge in [0.05, 0.1) is 38.9 Å². The lowest BCUT2D eigenvalue weighted by Crippen LogP contribution is -2.32. The molecule has 0 saturated carbocycles. The molecule has 2 aromatic heterocycles. The van der Waals surface area contributed by atoms with Gasteiger partial charge in [0.1, 0.15) is 11.5 Å². The van der Waals surface area contributed by atoms with E-state index in [1.54, 1.807) is 0 Å². The zero-order valence-electron chi connectivity index (χ0n) is 29.6. The van der Waals surface area contributed by atoms with Gasteiger partial charge in [-0.1, -0.05) is 133 Å². The van der Waals surface area contributed by atoms with Gasteiger partial charge in [0, 0.05) is 38.7 Å². The maximum Gasteiger partial charge on any atom is 0.132 e. The molecule has 0 amide bonds. The lowest BCUT2D eigenvalue weighted by Gasteiger charge is -2.39. The molecular weight excluding hydrogens is 671 g/mol. The molecule has 8 aromatic carbocycles. The summed E-state index contributed by atoms with van der Waals surface area (Å²) < 4.78 is 9.04. The summed E-state index contributed by atoms with van der Waals surface area (Å²) in [6.45, 7) is 0. The average Bonchev–Trinajstić information content (AvgIpc) is 3.73. The van der Waals surface area contributed by atoms with E-state index in [1.165, 1.54) is 38.5 Å². The van der Waals surface area contributed by atoms with E-state index in [0.717, 1.165) is 67.4 Å². The van der Waals surface area contributed by atoms with Gasteiger partial charge < -0.3 is 9.30 Å². The monoisotopic (exact) mass is 701 g/mol. The topological polar surface area (TPSA) is 39.9 Å². The molecular formula is C51H31N3O. The minimum Gasteiger partial charge on any atom is -0.457 e. The summed E-state index contributed by atoms with van der Waals surface area (Å²) in [5.74, 6) is 1.79. The van der Waals surface area contributed by atoms with Crippen LogP contribution in [0.5, 0.6) is 11.5 Å². The van der Waals surface area contributed by atoms with E-state index in [1.807, 2.05) is 30.3 Å². The number of rotatable bonds is 3. The van der Waals surface area contributed by atoms with Crippen molar-refractivity contribution in [1.82, 2.24) is 14.5 Å². The summed E-state index contributed by atoms with van der Waals surface area (Å²) in [6, 6.07) is 67.0. The fraction of sp³-hybridized carbons (Fsp3) is 0.0196. The Morgan fingerprint density at radius 3 is 1.67 bits per heavy atom. The Bertz CT molecular complexity index is 3130. The van der Waals surface area contributed by atoms with E-state index in [0.29, 0.717) is 0 Å². The van der Waals surface area contributed by atoms with Crippen molar-refractivity contribution in [3.8, 4) is 50.8 Å². The van der Waals surface area contributed by atoms with E-state index in [2.05, 4.69) is 162 Å². The van der Waals surface area contributed by atoms with Crippen LogP contribution in [0.1, 0.15) is 22.3 Å². The van der Waals surface area contributed by atoms with E-state index in [-0.39, 0.29) is 0 Å². The maximum atomic E-state index is 6.62. The third-order valence-corrected chi connectivity index (χ3v) is 11.7. The maximum absolute atomic E-state index is 6.62. The Labute approximate surface area is 317 Å². The molecule has 1 aliphatic heterocycles. The summed E-state index contributed by atoms with van der Waals surface area (Å²) in [5.41, 5.74) is 15.8. The molecule has 10 aromatic rings. The van der Waals surface area contributed by atoms with Gasteiger partial charge in [0.15, 0.2) is 0 Å². The highest BCUT2D eigenvalue weighted by Gasteiger charge is 2.51. The summed E-state index contributed by atoms with van der Waals surface area (Å²) in [5, 5.41) is 2.45. The highest BCUT2D eigenvalue weighted by Crippen LogP contribution is 2.62. The lowest BCUT2D eigenvalue weighted by atomic mass is 9.66. The number of benzene rings is 8. The predicted molar refractivity (Wildman–Crippen MR) is 222 cm³/mol.